The van der Waals surface area contributed by atoms with E-state index in [1.165, 1.54) is 11.1 Å². The van der Waals surface area contributed by atoms with Crippen molar-refractivity contribution in [2.75, 3.05) is 12.3 Å². The Morgan fingerprint density at radius 2 is 1.90 bits per heavy atom. The molecule has 0 amide bonds. The summed E-state index contributed by atoms with van der Waals surface area (Å²) < 4.78 is 0. The Bertz CT molecular complexity index is 670. The molecule has 1 aliphatic rings. The van der Waals surface area contributed by atoms with Crippen molar-refractivity contribution in [3.05, 3.63) is 63.1 Å². The first-order chi connectivity index (χ1) is 10.1. The monoisotopic (exact) mass is 320 g/mol. The Kier molecular flexibility index (Phi) is 4.12. The van der Waals surface area contributed by atoms with Gasteiger partial charge >= 0.3 is 0 Å². The lowest BCUT2D eigenvalue weighted by atomic mass is 9.95. The van der Waals surface area contributed by atoms with Crippen molar-refractivity contribution in [3.8, 4) is 0 Å². The van der Waals surface area contributed by atoms with Gasteiger partial charge in [0.15, 0.2) is 0 Å². The number of rotatable bonds is 2. The summed E-state index contributed by atoms with van der Waals surface area (Å²) in [5, 5.41) is 1.26. The fraction of sp³-hybridized carbons (Fsp3) is 0.294. The van der Waals surface area contributed by atoms with E-state index in [-0.39, 0.29) is 6.04 Å². The quantitative estimate of drug-likeness (QED) is 0.813. The third kappa shape index (κ3) is 2.76. The van der Waals surface area contributed by atoms with E-state index in [1.54, 1.807) is 0 Å². The second kappa shape index (κ2) is 5.88. The largest absolute Gasteiger partial charge is 0.398 e. The van der Waals surface area contributed by atoms with Gasteiger partial charge in [-0.1, -0.05) is 47.5 Å². The Balaban J connectivity index is 1.89. The number of halogens is 2. The van der Waals surface area contributed by atoms with Gasteiger partial charge in [-0.3, -0.25) is 4.90 Å². The predicted molar refractivity (Wildman–Crippen MR) is 89.8 cm³/mol. The lowest BCUT2D eigenvalue weighted by molar-refractivity contribution is 0.193. The molecule has 110 valence electrons. The minimum absolute atomic E-state index is 0.212. The van der Waals surface area contributed by atoms with Gasteiger partial charge in [-0.05, 0) is 42.2 Å². The minimum atomic E-state index is 0.212. The smallest absolute Gasteiger partial charge is 0.0640 e. The molecule has 21 heavy (non-hydrogen) atoms. The Morgan fingerprint density at radius 1 is 1.14 bits per heavy atom. The van der Waals surface area contributed by atoms with Crippen molar-refractivity contribution in [2.45, 2.75) is 25.9 Å². The third-order valence-corrected chi connectivity index (χ3v) is 5.15. The van der Waals surface area contributed by atoms with Gasteiger partial charge in [0.2, 0.25) is 0 Å². The van der Waals surface area contributed by atoms with Crippen molar-refractivity contribution in [1.29, 1.82) is 0 Å². The highest BCUT2D eigenvalue weighted by atomic mass is 35.5. The minimum Gasteiger partial charge on any atom is -0.398 e. The van der Waals surface area contributed by atoms with Crippen molar-refractivity contribution >= 4 is 28.9 Å². The molecule has 2 N–H and O–H groups in total. The summed E-state index contributed by atoms with van der Waals surface area (Å²) in [5.41, 5.74) is 10.7. The van der Waals surface area contributed by atoms with Crippen LogP contribution < -0.4 is 5.73 Å². The highest BCUT2D eigenvalue weighted by Crippen LogP contribution is 2.35. The summed E-state index contributed by atoms with van der Waals surface area (Å²) in [6.45, 7) is 4.02. The summed E-state index contributed by atoms with van der Waals surface area (Å²) in [6.07, 6.45) is 1.02. The topological polar surface area (TPSA) is 29.3 Å². The summed E-state index contributed by atoms with van der Waals surface area (Å²) in [6, 6.07) is 12.2. The number of hydrogen-bond acceptors (Lipinski definition) is 2. The summed E-state index contributed by atoms with van der Waals surface area (Å²) in [4.78, 5) is 2.40. The van der Waals surface area contributed by atoms with E-state index in [9.17, 15) is 0 Å². The van der Waals surface area contributed by atoms with Gasteiger partial charge in [0.25, 0.3) is 0 Å². The van der Waals surface area contributed by atoms with Crippen molar-refractivity contribution < 1.29 is 0 Å². The number of nitrogens with two attached hydrogens (primary N) is 1. The fourth-order valence-electron chi connectivity index (χ4n) is 3.00. The van der Waals surface area contributed by atoms with Gasteiger partial charge in [-0.2, -0.15) is 0 Å². The number of nitrogens with zero attached hydrogens (tertiary/aromatic N) is 1. The number of hydrogen-bond donors (Lipinski definition) is 1. The van der Waals surface area contributed by atoms with Crippen LogP contribution in [0.1, 0.15) is 29.7 Å². The first-order valence-corrected chi connectivity index (χ1v) is 7.87. The standard InChI is InChI=1S/C17H18Cl2N2/c1-11(13-5-3-6-15(18)17(13)19)21-9-8-12-4-2-7-16(20)14(12)10-21/h2-7,11H,8-10,20H2,1H3. The molecule has 1 heterocycles. The summed E-state index contributed by atoms with van der Waals surface area (Å²) in [5.74, 6) is 0. The second-order valence-electron chi connectivity index (χ2n) is 5.52. The molecule has 3 rings (SSSR count). The number of anilines is 1. The predicted octanol–water partition coefficient (Wildman–Crippen LogP) is 4.69. The van der Waals surface area contributed by atoms with E-state index >= 15 is 0 Å². The zero-order chi connectivity index (χ0) is 15.0. The molecule has 0 saturated carbocycles. The van der Waals surface area contributed by atoms with Crippen LogP contribution in [0.4, 0.5) is 5.69 Å². The van der Waals surface area contributed by atoms with E-state index in [2.05, 4.69) is 17.9 Å². The molecule has 2 aromatic rings. The summed E-state index contributed by atoms with van der Waals surface area (Å²) >= 11 is 12.5. The molecule has 0 aromatic heterocycles. The summed E-state index contributed by atoms with van der Waals surface area (Å²) in [7, 11) is 0. The SMILES string of the molecule is CC(c1cccc(Cl)c1Cl)N1CCc2cccc(N)c2C1. The van der Waals surface area contributed by atoms with E-state index in [0.29, 0.717) is 10.0 Å². The van der Waals surface area contributed by atoms with Crippen LogP contribution in [0.5, 0.6) is 0 Å². The highest BCUT2D eigenvalue weighted by molar-refractivity contribution is 6.42. The Labute approximate surface area is 135 Å². The molecule has 1 unspecified atom stereocenters. The van der Waals surface area contributed by atoms with Crippen molar-refractivity contribution in [3.63, 3.8) is 0 Å². The average molecular weight is 321 g/mol. The van der Waals surface area contributed by atoms with Gasteiger partial charge in [0, 0.05) is 24.8 Å². The van der Waals surface area contributed by atoms with E-state index < -0.39 is 0 Å². The van der Waals surface area contributed by atoms with Gasteiger partial charge in [-0.25, -0.2) is 0 Å². The molecule has 0 aliphatic carbocycles. The van der Waals surface area contributed by atoms with Gasteiger partial charge in [-0.15, -0.1) is 0 Å². The molecule has 4 heteroatoms. The number of fused-ring (bicyclic) bond motifs is 1. The van der Waals surface area contributed by atoms with E-state index in [4.69, 9.17) is 28.9 Å². The molecule has 1 atom stereocenters. The van der Waals surface area contributed by atoms with Gasteiger partial charge < -0.3 is 5.73 Å². The van der Waals surface area contributed by atoms with E-state index in [0.717, 1.165) is 30.8 Å². The molecular formula is C17H18Cl2N2. The molecule has 2 nitrogen and oxygen atoms in total. The van der Waals surface area contributed by atoms with Crippen LogP contribution in [0.2, 0.25) is 10.0 Å². The van der Waals surface area contributed by atoms with Crippen molar-refractivity contribution in [1.82, 2.24) is 4.90 Å². The fourth-order valence-corrected chi connectivity index (χ4v) is 3.46. The van der Waals surface area contributed by atoms with Crippen LogP contribution >= 0.6 is 23.2 Å². The Hall–Kier alpha value is -1.22. The highest BCUT2D eigenvalue weighted by Gasteiger charge is 2.24. The van der Waals surface area contributed by atoms with Crippen LogP contribution in [0, 0.1) is 0 Å². The maximum atomic E-state index is 6.36. The maximum absolute atomic E-state index is 6.36. The zero-order valence-electron chi connectivity index (χ0n) is 11.9. The van der Waals surface area contributed by atoms with Crippen LogP contribution in [-0.4, -0.2) is 11.4 Å². The molecule has 0 radical (unpaired) electrons. The first-order valence-electron chi connectivity index (χ1n) is 7.12. The number of benzene rings is 2. The molecule has 0 bridgehead atoms. The molecule has 1 aliphatic heterocycles. The molecule has 0 saturated heterocycles. The number of nitrogen functional groups attached to an aromatic ring is 1. The van der Waals surface area contributed by atoms with Crippen LogP contribution in [0.3, 0.4) is 0 Å². The van der Waals surface area contributed by atoms with E-state index in [1.807, 2.05) is 30.3 Å². The lowest BCUT2D eigenvalue weighted by Gasteiger charge is -2.35. The average Bonchev–Trinajstić information content (AvgIpc) is 2.49. The van der Waals surface area contributed by atoms with Crippen molar-refractivity contribution in [2.24, 2.45) is 0 Å². The molecule has 2 aromatic carbocycles. The first kappa shape index (κ1) is 14.7. The van der Waals surface area contributed by atoms with Crippen LogP contribution in [0.25, 0.3) is 0 Å². The molecule has 0 spiro atoms. The normalized spacial score (nSPS) is 16.5. The van der Waals surface area contributed by atoms with Crippen LogP contribution in [0.15, 0.2) is 36.4 Å². The zero-order valence-corrected chi connectivity index (χ0v) is 13.5. The van der Waals surface area contributed by atoms with Crippen LogP contribution in [-0.2, 0) is 13.0 Å². The maximum Gasteiger partial charge on any atom is 0.0640 e. The Morgan fingerprint density at radius 3 is 2.71 bits per heavy atom. The third-order valence-electron chi connectivity index (χ3n) is 4.32. The lowest BCUT2D eigenvalue weighted by Crippen LogP contribution is -2.33. The second-order valence-corrected chi connectivity index (χ2v) is 6.31. The molecule has 0 fully saturated rings. The van der Waals surface area contributed by atoms with Gasteiger partial charge in [0.1, 0.15) is 0 Å². The molecular weight excluding hydrogens is 303 g/mol. The van der Waals surface area contributed by atoms with Gasteiger partial charge in [0.05, 0.1) is 10.0 Å².